The van der Waals surface area contributed by atoms with Crippen LogP contribution in [0.5, 0.6) is 5.75 Å². The number of amides is 3. The molecule has 5 fully saturated rings. The Balaban J connectivity index is 1.22. The molecule has 2 bridgehead atoms. The van der Waals surface area contributed by atoms with Crippen LogP contribution in [-0.4, -0.2) is 47.9 Å². The summed E-state index contributed by atoms with van der Waals surface area (Å²) >= 11 is 0. The van der Waals surface area contributed by atoms with Gasteiger partial charge in [-0.15, -0.1) is 0 Å². The molecule has 2 heterocycles. The summed E-state index contributed by atoms with van der Waals surface area (Å²) in [5.74, 6) is 0.766. The Morgan fingerprint density at radius 3 is 2.86 bits per heavy atom. The van der Waals surface area contributed by atoms with Crippen LogP contribution in [0.3, 0.4) is 0 Å². The molecule has 1 aromatic carbocycles. The molecule has 4 aliphatic carbocycles. The summed E-state index contributed by atoms with van der Waals surface area (Å²) in [5, 5.41) is 20.2. The smallest absolute Gasteiger partial charge is 0.268 e. The minimum absolute atomic E-state index is 0.0741. The summed E-state index contributed by atoms with van der Waals surface area (Å²) in [4.78, 5) is 42.5. The van der Waals surface area contributed by atoms with Crippen molar-refractivity contribution in [3.8, 4) is 11.8 Å². The normalized spacial score (nSPS) is 31.1. The van der Waals surface area contributed by atoms with E-state index in [1.54, 1.807) is 13.2 Å². The molecule has 1 aliphatic heterocycles. The molecule has 194 valence electrons. The van der Waals surface area contributed by atoms with Crippen molar-refractivity contribution < 1.29 is 19.1 Å². The van der Waals surface area contributed by atoms with E-state index >= 15 is 0 Å². The number of carbonyl (C=O) groups excluding carboxylic acids is 3. The first-order valence-electron chi connectivity index (χ1n) is 13.4. The lowest BCUT2D eigenvalue weighted by molar-refractivity contribution is -0.125. The van der Waals surface area contributed by atoms with Crippen molar-refractivity contribution in [1.29, 1.82) is 5.26 Å². The van der Waals surface area contributed by atoms with Crippen LogP contribution in [0.15, 0.2) is 24.3 Å². The number of methoxy groups -OCH3 is 1. The molecular formula is C28H33N5O4. The SMILES string of the molecule is COc1cccc2[nH]c(C(=O)N[C@@H](CC3CC3)C(=O)N[C@@]3(C#N)CC4CC[C@@H]3C[C@H]3C(=O)NC[C@H]43)cc12. The van der Waals surface area contributed by atoms with E-state index in [2.05, 4.69) is 27.0 Å². The average Bonchev–Trinajstić information content (AvgIpc) is 3.57. The molecule has 9 nitrogen and oxygen atoms in total. The van der Waals surface area contributed by atoms with Crippen molar-refractivity contribution in [2.24, 2.45) is 29.6 Å². The standard InChI is InChI=1S/C28H33N5O4/c1-37-24-4-2-3-21-19(24)11-23(31-21)26(35)32-22(9-15-5-6-15)27(36)33-28(14-29)12-16-7-8-17(28)10-18-20(16)13-30-25(18)34/h2-4,11,15-18,20,22,31H,5-10,12-13H2,1H3,(H,30,34)(H,32,35)(H,33,36)/t16?,17-,18-,20-,22+,28-/m1/s1. The first kappa shape index (κ1) is 23.8. The third kappa shape index (κ3) is 4.22. The highest BCUT2D eigenvalue weighted by Crippen LogP contribution is 2.51. The number of H-pyrrole nitrogens is 1. The summed E-state index contributed by atoms with van der Waals surface area (Å²) in [5.41, 5.74) is 0.127. The van der Waals surface area contributed by atoms with Gasteiger partial charge in [0.2, 0.25) is 11.8 Å². The van der Waals surface area contributed by atoms with Crippen LogP contribution < -0.4 is 20.7 Å². The molecule has 0 radical (unpaired) electrons. The predicted molar refractivity (Wildman–Crippen MR) is 135 cm³/mol. The number of nitriles is 1. The van der Waals surface area contributed by atoms with Crippen LogP contribution in [0.2, 0.25) is 0 Å². The van der Waals surface area contributed by atoms with Gasteiger partial charge >= 0.3 is 0 Å². The van der Waals surface area contributed by atoms with Gasteiger partial charge in [0.05, 0.1) is 13.2 Å². The zero-order valence-corrected chi connectivity index (χ0v) is 21.0. The van der Waals surface area contributed by atoms with E-state index < -0.39 is 11.6 Å². The first-order chi connectivity index (χ1) is 17.9. The number of aromatic amines is 1. The number of fused-ring (bicyclic) bond motifs is 3. The van der Waals surface area contributed by atoms with E-state index in [-0.39, 0.29) is 41.4 Å². The molecule has 9 heteroatoms. The number of hydrogen-bond acceptors (Lipinski definition) is 5. The second-order valence-electron chi connectivity index (χ2n) is 11.4. The molecule has 6 atom stereocenters. The quantitative estimate of drug-likeness (QED) is 0.461. The van der Waals surface area contributed by atoms with Crippen LogP contribution >= 0.6 is 0 Å². The van der Waals surface area contributed by atoms with Gasteiger partial charge in [0.15, 0.2) is 0 Å². The molecule has 1 unspecified atom stereocenters. The summed E-state index contributed by atoms with van der Waals surface area (Å²) in [6.07, 6.45) is 5.61. The first-order valence-corrected chi connectivity index (χ1v) is 13.4. The average molecular weight is 504 g/mol. The van der Waals surface area contributed by atoms with E-state index in [0.29, 0.717) is 43.2 Å². The fourth-order valence-electron chi connectivity index (χ4n) is 7.01. The molecule has 1 aromatic heterocycles. The molecule has 2 aromatic rings. The lowest BCUT2D eigenvalue weighted by atomic mass is 9.69. The monoisotopic (exact) mass is 503 g/mol. The highest BCUT2D eigenvalue weighted by atomic mass is 16.5. The van der Waals surface area contributed by atoms with Crippen molar-refractivity contribution in [1.82, 2.24) is 20.9 Å². The van der Waals surface area contributed by atoms with Crippen molar-refractivity contribution in [3.63, 3.8) is 0 Å². The molecule has 5 aliphatic rings. The maximum absolute atomic E-state index is 13.7. The van der Waals surface area contributed by atoms with Gasteiger partial charge in [0.25, 0.3) is 5.91 Å². The molecule has 37 heavy (non-hydrogen) atoms. The van der Waals surface area contributed by atoms with E-state index in [0.717, 1.165) is 36.6 Å². The highest BCUT2D eigenvalue weighted by Gasteiger charge is 2.55. The van der Waals surface area contributed by atoms with E-state index in [4.69, 9.17) is 4.74 Å². The zero-order chi connectivity index (χ0) is 25.7. The molecule has 1 saturated heterocycles. The van der Waals surface area contributed by atoms with Gasteiger partial charge in [-0.05, 0) is 74.0 Å². The van der Waals surface area contributed by atoms with E-state index in [1.807, 2.05) is 18.2 Å². The number of nitrogens with one attached hydrogen (secondary N) is 4. The third-order valence-electron chi connectivity index (χ3n) is 9.20. The summed E-state index contributed by atoms with van der Waals surface area (Å²) in [7, 11) is 1.59. The van der Waals surface area contributed by atoms with Crippen molar-refractivity contribution >= 4 is 28.6 Å². The largest absolute Gasteiger partial charge is 0.496 e. The van der Waals surface area contributed by atoms with Gasteiger partial charge in [0, 0.05) is 23.4 Å². The number of rotatable bonds is 7. The number of carbonyl (C=O) groups is 3. The van der Waals surface area contributed by atoms with E-state index in [1.165, 1.54) is 0 Å². The minimum atomic E-state index is -1.01. The number of hydrogen-bond donors (Lipinski definition) is 4. The molecule has 3 amide bonds. The molecule has 4 saturated carbocycles. The predicted octanol–water partition coefficient (Wildman–Crippen LogP) is 2.64. The maximum atomic E-state index is 13.7. The number of aromatic nitrogens is 1. The maximum Gasteiger partial charge on any atom is 0.268 e. The summed E-state index contributed by atoms with van der Waals surface area (Å²) < 4.78 is 5.41. The van der Waals surface area contributed by atoms with Crippen LogP contribution in [0.25, 0.3) is 10.9 Å². The fourth-order valence-corrected chi connectivity index (χ4v) is 7.01. The van der Waals surface area contributed by atoms with Crippen LogP contribution in [-0.2, 0) is 9.59 Å². The van der Waals surface area contributed by atoms with Gasteiger partial charge in [0.1, 0.15) is 23.0 Å². The Labute approximate surface area is 215 Å². The fraction of sp³-hybridized carbons (Fsp3) is 0.571. The van der Waals surface area contributed by atoms with E-state index in [9.17, 15) is 19.6 Å². The Morgan fingerprint density at radius 1 is 1.27 bits per heavy atom. The Bertz CT molecular complexity index is 1290. The number of nitrogens with zero attached hydrogens (tertiary/aromatic N) is 1. The molecular weight excluding hydrogens is 470 g/mol. The topological polar surface area (TPSA) is 136 Å². The second-order valence-corrected chi connectivity index (χ2v) is 11.4. The minimum Gasteiger partial charge on any atom is -0.496 e. The Kier molecular flexibility index (Phi) is 5.85. The third-order valence-corrected chi connectivity index (χ3v) is 9.20. The van der Waals surface area contributed by atoms with Crippen LogP contribution in [0.1, 0.15) is 55.4 Å². The van der Waals surface area contributed by atoms with Gasteiger partial charge in [-0.3, -0.25) is 14.4 Å². The highest BCUT2D eigenvalue weighted by molar-refractivity contribution is 6.01. The van der Waals surface area contributed by atoms with Gasteiger partial charge in [-0.1, -0.05) is 18.9 Å². The van der Waals surface area contributed by atoms with Crippen molar-refractivity contribution in [2.45, 2.75) is 56.5 Å². The summed E-state index contributed by atoms with van der Waals surface area (Å²) in [6.45, 7) is 0.659. The second kappa shape index (κ2) is 9.09. The van der Waals surface area contributed by atoms with Gasteiger partial charge in [-0.25, -0.2) is 0 Å². The molecule has 4 N–H and O–H groups in total. The van der Waals surface area contributed by atoms with Crippen LogP contribution in [0.4, 0.5) is 0 Å². The Morgan fingerprint density at radius 2 is 2.11 bits per heavy atom. The van der Waals surface area contributed by atoms with Crippen LogP contribution in [0, 0.1) is 40.9 Å². The molecule has 0 spiro atoms. The number of benzene rings is 1. The number of ether oxygens (including phenoxy) is 1. The van der Waals surface area contributed by atoms with Crippen molar-refractivity contribution in [2.75, 3.05) is 13.7 Å². The van der Waals surface area contributed by atoms with Gasteiger partial charge in [-0.2, -0.15) is 5.26 Å². The van der Waals surface area contributed by atoms with Gasteiger partial charge < -0.3 is 25.7 Å². The zero-order valence-electron chi connectivity index (χ0n) is 21.0. The lowest BCUT2D eigenvalue weighted by Gasteiger charge is -2.42. The molecule has 7 rings (SSSR count). The lowest BCUT2D eigenvalue weighted by Crippen LogP contribution is -2.60. The van der Waals surface area contributed by atoms with Crippen molar-refractivity contribution in [3.05, 3.63) is 30.0 Å². The summed E-state index contributed by atoms with van der Waals surface area (Å²) in [6, 6.07) is 9.03. The Hall–Kier alpha value is -3.54.